The predicted molar refractivity (Wildman–Crippen MR) is 101 cm³/mol. The lowest BCUT2D eigenvalue weighted by Crippen LogP contribution is -2.51. The summed E-state index contributed by atoms with van der Waals surface area (Å²) in [5.41, 5.74) is 2.48. The number of morpholine rings is 1. The third-order valence-electron chi connectivity index (χ3n) is 4.51. The van der Waals surface area contributed by atoms with Crippen molar-refractivity contribution in [3.05, 3.63) is 63.6 Å². The van der Waals surface area contributed by atoms with E-state index in [1.54, 1.807) is 18.2 Å². The Kier molecular flexibility index (Phi) is 5.64. The van der Waals surface area contributed by atoms with Crippen LogP contribution in [-0.2, 0) is 11.3 Å². The molecule has 0 atom stereocenters. The smallest absolute Gasteiger partial charge is 0.255 e. The number of carbonyl (C=O) groups is 1. The highest BCUT2D eigenvalue weighted by molar-refractivity contribution is 6.42. The monoisotopic (exact) mass is 379 g/mol. The van der Waals surface area contributed by atoms with Crippen LogP contribution in [0, 0.1) is 0 Å². The molecule has 132 valence electrons. The van der Waals surface area contributed by atoms with E-state index in [9.17, 15) is 4.79 Å². The van der Waals surface area contributed by atoms with Crippen molar-refractivity contribution in [2.75, 3.05) is 38.7 Å². The predicted octanol–water partition coefficient (Wildman–Crippen LogP) is 4.22. The minimum Gasteiger partial charge on any atom is -0.370 e. The lowest BCUT2D eigenvalue weighted by molar-refractivity contribution is -0.929. The highest BCUT2D eigenvalue weighted by Gasteiger charge is 2.25. The molecule has 6 heteroatoms. The van der Waals surface area contributed by atoms with Crippen molar-refractivity contribution in [2.24, 2.45) is 0 Å². The van der Waals surface area contributed by atoms with Crippen LogP contribution in [0.5, 0.6) is 0 Å². The van der Waals surface area contributed by atoms with Crippen LogP contribution in [0.4, 0.5) is 5.69 Å². The van der Waals surface area contributed by atoms with Crippen LogP contribution < -0.4 is 5.32 Å². The Morgan fingerprint density at radius 2 is 1.76 bits per heavy atom. The summed E-state index contributed by atoms with van der Waals surface area (Å²) in [4.78, 5) is 12.3. The molecule has 1 N–H and O–H groups in total. The summed E-state index contributed by atoms with van der Waals surface area (Å²) in [6, 6.07) is 12.8. The van der Waals surface area contributed by atoms with Gasteiger partial charge in [0.05, 0.1) is 30.3 Å². The molecule has 1 aliphatic heterocycles. The molecule has 1 amide bonds. The molecule has 0 unspecified atom stereocenters. The molecule has 2 aromatic carbocycles. The highest BCUT2D eigenvalue weighted by atomic mass is 35.5. The second-order valence-corrected chi connectivity index (χ2v) is 7.43. The quantitative estimate of drug-likeness (QED) is 0.807. The molecule has 0 bridgehead atoms. The zero-order valence-electron chi connectivity index (χ0n) is 14.1. The van der Waals surface area contributed by atoms with Gasteiger partial charge in [0.2, 0.25) is 0 Å². The van der Waals surface area contributed by atoms with E-state index in [4.69, 9.17) is 27.9 Å². The van der Waals surface area contributed by atoms with Gasteiger partial charge in [-0.1, -0.05) is 35.3 Å². The van der Waals surface area contributed by atoms with Crippen molar-refractivity contribution in [1.82, 2.24) is 0 Å². The van der Waals surface area contributed by atoms with Gasteiger partial charge in [0.25, 0.3) is 5.91 Å². The first-order chi connectivity index (χ1) is 12.0. The van der Waals surface area contributed by atoms with Crippen molar-refractivity contribution >= 4 is 34.8 Å². The van der Waals surface area contributed by atoms with Crippen LogP contribution in [0.15, 0.2) is 42.5 Å². The summed E-state index contributed by atoms with van der Waals surface area (Å²) in [5, 5.41) is 3.68. The highest BCUT2D eigenvalue weighted by Crippen LogP contribution is 2.23. The van der Waals surface area contributed by atoms with Gasteiger partial charge in [0, 0.05) is 16.8 Å². The minimum absolute atomic E-state index is 0.210. The summed E-state index contributed by atoms with van der Waals surface area (Å²) in [6.07, 6.45) is 0. The first-order valence-corrected chi connectivity index (χ1v) is 8.97. The van der Waals surface area contributed by atoms with E-state index in [0.717, 1.165) is 43.0 Å². The fraction of sp³-hybridized carbons (Fsp3) is 0.316. The van der Waals surface area contributed by atoms with Crippen LogP contribution in [0.2, 0.25) is 10.0 Å². The third-order valence-corrected chi connectivity index (χ3v) is 5.25. The molecule has 0 aliphatic carbocycles. The number of rotatable bonds is 4. The van der Waals surface area contributed by atoms with Gasteiger partial charge in [-0.3, -0.25) is 4.79 Å². The van der Waals surface area contributed by atoms with Gasteiger partial charge < -0.3 is 14.5 Å². The topological polar surface area (TPSA) is 38.3 Å². The Balaban J connectivity index is 1.64. The zero-order valence-corrected chi connectivity index (χ0v) is 15.6. The maximum atomic E-state index is 12.3. The average molecular weight is 380 g/mol. The molecule has 25 heavy (non-hydrogen) atoms. The lowest BCUT2D eigenvalue weighted by atomic mass is 10.1. The number of anilines is 1. The number of carbonyl (C=O) groups excluding carboxylic acids is 1. The minimum atomic E-state index is -0.210. The number of hydrogen-bond donors (Lipinski definition) is 1. The van der Waals surface area contributed by atoms with Crippen molar-refractivity contribution in [3.8, 4) is 0 Å². The largest absolute Gasteiger partial charge is 0.370 e. The number of halogens is 2. The summed E-state index contributed by atoms with van der Waals surface area (Å²) >= 11 is 11.8. The van der Waals surface area contributed by atoms with Gasteiger partial charge >= 0.3 is 0 Å². The molecule has 1 fully saturated rings. The van der Waals surface area contributed by atoms with Crippen molar-refractivity contribution < 1.29 is 14.0 Å². The van der Waals surface area contributed by atoms with Gasteiger partial charge in [-0.2, -0.15) is 0 Å². The summed E-state index contributed by atoms with van der Waals surface area (Å²) in [6.45, 7) is 4.64. The van der Waals surface area contributed by atoms with Crippen LogP contribution in [0.25, 0.3) is 0 Å². The Morgan fingerprint density at radius 1 is 1.08 bits per heavy atom. The molecule has 0 aromatic heterocycles. The molecule has 0 saturated carbocycles. The number of likely N-dealkylation sites (N-methyl/N-ethyl adjacent to an activating group) is 1. The molecular formula is C19H21Cl2N2O2+. The third kappa shape index (κ3) is 4.73. The van der Waals surface area contributed by atoms with E-state index in [1.165, 1.54) is 5.56 Å². The molecule has 1 heterocycles. The molecule has 4 nitrogen and oxygen atoms in total. The van der Waals surface area contributed by atoms with E-state index < -0.39 is 0 Å². The van der Waals surface area contributed by atoms with Gasteiger partial charge in [-0.05, 0) is 30.3 Å². The number of amides is 1. The zero-order chi connectivity index (χ0) is 17.9. The van der Waals surface area contributed by atoms with E-state index >= 15 is 0 Å². The van der Waals surface area contributed by atoms with Crippen LogP contribution >= 0.6 is 23.2 Å². The molecular weight excluding hydrogens is 359 g/mol. The van der Waals surface area contributed by atoms with Crippen molar-refractivity contribution in [2.45, 2.75) is 6.54 Å². The molecule has 0 spiro atoms. The molecule has 0 radical (unpaired) electrons. The second-order valence-electron chi connectivity index (χ2n) is 6.62. The first kappa shape index (κ1) is 18.2. The fourth-order valence-electron chi connectivity index (χ4n) is 2.92. The van der Waals surface area contributed by atoms with Gasteiger partial charge in [0.1, 0.15) is 19.6 Å². The number of ether oxygens (including phenoxy) is 1. The number of benzene rings is 2. The number of hydrogen-bond acceptors (Lipinski definition) is 2. The first-order valence-electron chi connectivity index (χ1n) is 8.22. The maximum Gasteiger partial charge on any atom is 0.255 e. The Bertz CT molecular complexity index is 757. The average Bonchev–Trinajstić information content (AvgIpc) is 2.59. The summed E-state index contributed by atoms with van der Waals surface area (Å²) in [5.74, 6) is -0.210. The van der Waals surface area contributed by atoms with E-state index in [0.29, 0.717) is 15.6 Å². The molecule has 1 aliphatic rings. The summed E-state index contributed by atoms with van der Waals surface area (Å²) in [7, 11) is 2.25. The van der Waals surface area contributed by atoms with Crippen molar-refractivity contribution in [1.29, 1.82) is 0 Å². The molecule has 3 rings (SSSR count). The number of nitrogens with one attached hydrogen (secondary N) is 1. The Labute approximate surface area is 157 Å². The fourth-order valence-corrected chi connectivity index (χ4v) is 3.21. The van der Waals surface area contributed by atoms with Crippen LogP contribution in [0.3, 0.4) is 0 Å². The van der Waals surface area contributed by atoms with E-state index in [1.807, 2.05) is 12.1 Å². The normalized spacial score (nSPS) is 16.4. The standard InChI is InChI=1S/C19H20Cl2N2O2/c1-23(8-10-25-11-9-23)13-14-2-5-16(6-3-14)22-19(24)15-4-7-17(20)18(21)12-15/h2-7,12H,8-11,13H2,1H3/p+1. The lowest BCUT2D eigenvalue weighted by Gasteiger charge is -2.37. The summed E-state index contributed by atoms with van der Waals surface area (Å²) < 4.78 is 6.42. The number of quaternary nitrogens is 1. The SMILES string of the molecule is C[N+]1(Cc2ccc(NC(=O)c3ccc(Cl)c(Cl)c3)cc2)CCOCC1. The van der Waals surface area contributed by atoms with Crippen molar-refractivity contribution in [3.63, 3.8) is 0 Å². The van der Waals surface area contributed by atoms with Gasteiger partial charge in [0.15, 0.2) is 0 Å². The van der Waals surface area contributed by atoms with Crippen LogP contribution in [-0.4, -0.2) is 43.7 Å². The van der Waals surface area contributed by atoms with Gasteiger partial charge in [-0.25, -0.2) is 0 Å². The van der Waals surface area contributed by atoms with Gasteiger partial charge in [-0.15, -0.1) is 0 Å². The molecule has 2 aromatic rings. The maximum absolute atomic E-state index is 12.3. The Morgan fingerprint density at radius 3 is 2.40 bits per heavy atom. The van der Waals surface area contributed by atoms with E-state index in [-0.39, 0.29) is 5.91 Å². The van der Waals surface area contributed by atoms with Crippen LogP contribution in [0.1, 0.15) is 15.9 Å². The van der Waals surface area contributed by atoms with E-state index in [2.05, 4.69) is 24.5 Å². The molecule has 1 saturated heterocycles. The Hall–Kier alpha value is -1.59. The second kappa shape index (κ2) is 7.75. The number of nitrogens with zero attached hydrogens (tertiary/aromatic N) is 1.